The summed E-state index contributed by atoms with van der Waals surface area (Å²) in [6.07, 6.45) is 1.38. The monoisotopic (exact) mass is 353 g/mol. The van der Waals surface area contributed by atoms with Crippen LogP contribution in [-0.4, -0.2) is 43.0 Å². The molecular formula is C17H24ClN3O3. The van der Waals surface area contributed by atoms with E-state index in [2.05, 4.69) is 10.2 Å². The third kappa shape index (κ3) is 4.19. The highest BCUT2D eigenvalue weighted by atomic mass is 35.5. The van der Waals surface area contributed by atoms with E-state index in [1.54, 1.807) is 12.1 Å². The van der Waals surface area contributed by atoms with Gasteiger partial charge in [-0.05, 0) is 51.4 Å². The Labute approximate surface area is 147 Å². The van der Waals surface area contributed by atoms with E-state index in [1.165, 1.54) is 7.11 Å². The second-order valence-corrected chi connectivity index (χ2v) is 6.59. The molecule has 0 saturated carbocycles. The van der Waals surface area contributed by atoms with Crippen molar-refractivity contribution < 1.29 is 14.3 Å². The number of carbonyl (C=O) groups is 2. The fourth-order valence-electron chi connectivity index (χ4n) is 2.90. The molecule has 1 saturated heterocycles. The van der Waals surface area contributed by atoms with Crippen molar-refractivity contribution in [3.05, 3.63) is 22.7 Å². The van der Waals surface area contributed by atoms with Crippen LogP contribution in [0.2, 0.25) is 5.02 Å². The van der Waals surface area contributed by atoms with E-state index in [-0.39, 0.29) is 23.8 Å². The van der Waals surface area contributed by atoms with Crippen molar-refractivity contribution in [2.24, 2.45) is 11.7 Å². The number of likely N-dealkylation sites (tertiary alicyclic amines) is 1. The Bertz CT molecular complexity index is 628. The first-order chi connectivity index (χ1) is 11.3. The molecule has 0 bridgehead atoms. The van der Waals surface area contributed by atoms with E-state index < -0.39 is 0 Å². The third-order valence-corrected chi connectivity index (χ3v) is 5.00. The number of piperidine rings is 1. The summed E-state index contributed by atoms with van der Waals surface area (Å²) in [6, 6.07) is 3.18. The molecule has 1 aromatic carbocycles. The van der Waals surface area contributed by atoms with Crippen LogP contribution in [0.3, 0.4) is 0 Å². The SMILES string of the molecule is COc1cc(Cl)c(C)cc1NC(=O)C(C)N1CCC(C(N)=O)CC1. The Morgan fingerprint density at radius 2 is 2.00 bits per heavy atom. The lowest BCUT2D eigenvalue weighted by molar-refractivity contribution is -0.124. The molecule has 3 N–H and O–H groups in total. The van der Waals surface area contributed by atoms with Gasteiger partial charge in [-0.3, -0.25) is 14.5 Å². The lowest BCUT2D eigenvalue weighted by Gasteiger charge is -2.34. The summed E-state index contributed by atoms with van der Waals surface area (Å²) in [5.41, 5.74) is 6.81. The van der Waals surface area contributed by atoms with Crippen LogP contribution in [0, 0.1) is 12.8 Å². The Hall–Kier alpha value is -1.79. The van der Waals surface area contributed by atoms with E-state index in [4.69, 9.17) is 22.1 Å². The predicted octanol–water partition coefficient (Wildman–Crippen LogP) is 2.18. The number of methoxy groups -OCH3 is 1. The van der Waals surface area contributed by atoms with Crippen LogP contribution in [0.25, 0.3) is 0 Å². The van der Waals surface area contributed by atoms with Crippen molar-refractivity contribution in [2.75, 3.05) is 25.5 Å². The molecule has 1 fully saturated rings. The average molecular weight is 354 g/mol. The number of nitrogens with two attached hydrogens (primary N) is 1. The third-order valence-electron chi connectivity index (χ3n) is 4.60. The Kier molecular flexibility index (Phi) is 6.07. The van der Waals surface area contributed by atoms with Crippen LogP contribution in [0.5, 0.6) is 5.75 Å². The molecule has 132 valence electrons. The maximum absolute atomic E-state index is 12.6. The van der Waals surface area contributed by atoms with E-state index in [9.17, 15) is 9.59 Å². The van der Waals surface area contributed by atoms with Gasteiger partial charge in [-0.1, -0.05) is 11.6 Å². The number of nitrogens with zero attached hydrogens (tertiary/aromatic N) is 1. The lowest BCUT2D eigenvalue weighted by Crippen LogP contribution is -2.47. The first-order valence-electron chi connectivity index (χ1n) is 8.01. The number of hydrogen-bond donors (Lipinski definition) is 2. The molecule has 2 rings (SSSR count). The van der Waals surface area contributed by atoms with E-state index >= 15 is 0 Å². The summed E-state index contributed by atoms with van der Waals surface area (Å²) in [4.78, 5) is 25.9. The summed E-state index contributed by atoms with van der Waals surface area (Å²) in [5.74, 6) is 0.0646. The van der Waals surface area contributed by atoms with Gasteiger partial charge >= 0.3 is 0 Å². The van der Waals surface area contributed by atoms with Gasteiger partial charge < -0.3 is 15.8 Å². The van der Waals surface area contributed by atoms with Crippen LogP contribution in [0.1, 0.15) is 25.3 Å². The summed E-state index contributed by atoms with van der Waals surface area (Å²) >= 11 is 6.09. The minimum atomic E-state index is -0.306. The zero-order valence-electron chi connectivity index (χ0n) is 14.3. The zero-order chi connectivity index (χ0) is 17.9. The zero-order valence-corrected chi connectivity index (χ0v) is 15.0. The van der Waals surface area contributed by atoms with Crippen LogP contribution in [0.4, 0.5) is 5.69 Å². The number of rotatable bonds is 5. The molecule has 0 aliphatic carbocycles. The van der Waals surface area contributed by atoms with Gasteiger partial charge in [-0.15, -0.1) is 0 Å². The van der Waals surface area contributed by atoms with Gasteiger partial charge in [-0.25, -0.2) is 0 Å². The van der Waals surface area contributed by atoms with Crippen molar-refractivity contribution in [2.45, 2.75) is 32.7 Å². The predicted molar refractivity (Wildman–Crippen MR) is 94.3 cm³/mol. The smallest absolute Gasteiger partial charge is 0.241 e. The largest absolute Gasteiger partial charge is 0.495 e. The number of nitrogens with one attached hydrogen (secondary N) is 1. The van der Waals surface area contributed by atoms with Crippen molar-refractivity contribution in [1.82, 2.24) is 4.90 Å². The number of aryl methyl sites for hydroxylation is 1. The second-order valence-electron chi connectivity index (χ2n) is 6.18. The van der Waals surface area contributed by atoms with Crippen molar-refractivity contribution in [3.8, 4) is 5.75 Å². The normalized spacial score (nSPS) is 17.3. The average Bonchev–Trinajstić information content (AvgIpc) is 2.57. The number of primary amides is 1. The first-order valence-corrected chi connectivity index (χ1v) is 8.39. The minimum absolute atomic E-state index is 0.0875. The maximum Gasteiger partial charge on any atom is 0.241 e. The summed E-state index contributed by atoms with van der Waals surface area (Å²) in [5, 5.41) is 3.49. The van der Waals surface area contributed by atoms with Crippen molar-refractivity contribution in [3.63, 3.8) is 0 Å². The number of halogens is 1. The highest BCUT2D eigenvalue weighted by Crippen LogP contribution is 2.31. The molecule has 7 heteroatoms. The van der Waals surface area contributed by atoms with E-state index in [1.807, 2.05) is 13.8 Å². The van der Waals surface area contributed by atoms with Crippen LogP contribution in [-0.2, 0) is 9.59 Å². The molecule has 1 atom stereocenters. The molecular weight excluding hydrogens is 330 g/mol. The van der Waals surface area contributed by atoms with Gasteiger partial charge in [0.1, 0.15) is 5.75 Å². The van der Waals surface area contributed by atoms with Gasteiger partial charge in [0.25, 0.3) is 0 Å². The second kappa shape index (κ2) is 7.85. The number of carbonyl (C=O) groups excluding carboxylic acids is 2. The number of amides is 2. The van der Waals surface area contributed by atoms with Gasteiger partial charge in [0.2, 0.25) is 11.8 Å². The van der Waals surface area contributed by atoms with Gasteiger partial charge in [0.15, 0.2) is 0 Å². The maximum atomic E-state index is 12.6. The Morgan fingerprint density at radius 1 is 1.38 bits per heavy atom. The molecule has 1 heterocycles. The molecule has 1 aliphatic rings. The van der Waals surface area contributed by atoms with E-state index in [0.717, 1.165) is 5.56 Å². The van der Waals surface area contributed by atoms with Crippen LogP contribution < -0.4 is 15.8 Å². The van der Waals surface area contributed by atoms with Gasteiger partial charge in [0.05, 0.1) is 18.8 Å². The standard InChI is InChI=1S/C17H24ClN3O3/c1-10-8-14(15(24-3)9-13(10)18)20-17(23)11(2)21-6-4-12(5-7-21)16(19)22/h8-9,11-12H,4-7H2,1-3H3,(H2,19,22)(H,20,23). The highest BCUT2D eigenvalue weighted by Gasteiger charge is 2.29. The topological polar surface area (TPSA) is 84.7 Å². The molecule has 24 heavy (non-hydrogen) atoms. The van der Waals surface area contributed by atoms with Crippen molar-refractivity contribution >= 4 is 29.1 Å². The molecule has 2 amide bonds. The van der Waals surface area contributed by atoms with Gasteiger partial charge in [0, 0.05) is 17.0 Å². The Balaban J connectivity index is 2.02. The molecule has 0 spiro atoms. The first kappa shape index (κ1) is 18.5. The minimum Gasteiger partial charge on any atom is -0.495 e. The molecule has 6 nitrogen and oxygen atoms in total. The highest BCUT2D eigenvalue weighted by molar-refractivity contribution is 6.31. The van der Waals surface area contributed by atoms with E-state index in [0.29, 0.717) is 42.4 Å². The van der Waals surface area contributed by atoms with Crippen LogP contribution >= 0.6 is 11.6 Å². The molecule has 1 unspecified atom stereocenters. The number of ether oxygens (including phenoxy) is 1. The summed E-state index contributed by atoms with van der Waals surface area (Å²) in [7, 11) is 1.54. The fourth-order valence-corrected chi connectivity index (χ4v) is 3.06. The number of benzene rings is 1. The summed E-state index contributed by atoms with van der Waals surface area (Å²) < 4.78 is 5.28. The number of hydrogen-bond acceptors (Lipinski definition) is 4. The summed E-state index contributed by atoms with van der Waals surface area (Å²) in [6.45, 7) is 5.09. The molecule has 0 radical (unpaired) electrons. The Morgan fingerprint density at radius 3 is 2.54 bits per heavy atom. The molecule has 1 aliphatic heterocycles. The quantitative estimate of drug-likeness (QED) is 0.849. The van der Waals surface area contributed by atoms with Crippen LogP contribution in [0.15, 0.2) is 12.1 Å². The fraction of sp³-hybridized carbons (Fsp3) is 0.529. The molecule has 0 aromatic heterocycles. The van der Waals surface area contributed by atoms with Crippen molar-refractivity contribution in [1.29, 1.82) is 0 Å². The molecule has 1 aromatic rings. The van der Waals surface area contributed by atoms with Gasteiger partial charge in [-0.2, -0.15) is 0 Å². The lowest BCUT2D eigenvalue weighted by atomic mass is 9.95. The number of anilines is 1.